The van der Waals surface area contributed by atoms with Crippen LogP contribution in [0.2, 0.25) is 0 Å². The molecule has 3 amide bonds. The van der Waals surface area contributed by atoms with Crippen LogP contribution in [0.3, 0.4) is 0 Å². The van der Waals surface area contributed by atoms with Gasteiger partial charge in [-0.25, -0.2) is 14.0 Å². The summed E-state index contributed by atoms with van der Waals surface area (Å²) in [5.74, 6) is -2.01. The molecule has 164 valence electrons. The number of carbonyl (C=O) groups excluding carboxylic acids is 3. The van der Waals surface area contributed by atoms with Crippen LogP contribution in [0.4, 0.5) is 14.9 Å². The molecular weight excluding hydrogens is 397 g/mol. The molecule has 0 radical (unpaired) electrons. The van der Waals surface area contributed by atoms with Gasteiger partial charge in [0.05, 0.1) is 19.3 Å². The van der Waals surface area contributed by atoms with Gasteiger partial charge in [-0.15, -0.1) is 0 Å². The van der Waals surface area contributed by atoms with Gasteiger partial charge in [0, 0.05) is 17.7 Å². The van der Waals surface area contributed by atoms with Crippen molar-refractivity contribution in [1.29, 1.82) is 0 Å². The number of benzene rings is 1. The van der Waals surface area contributed by atoms with Gasteiger partial charge in [0.25, 0.3) is 0 Å². The third kappa shape index (κ3) is 6.01. The highest BCUT2D eigenvalue weighted by molar-refractivity contribution is 5.97. The van der Waals surface area contributed by atoms with E-state index in [2.05, 4.69) is 20.7 Å². The molecule has 0 aromatic heterocycles. The molecule has 1 aliphatic rings. The molecule has 0 spiro atoms. The summed E-state index contributed by atoms with van der Waals surface area (Å²) in [6, 6.07) is 2.48. The molecule has 0 saturated carbocycles. The van der Waals surface area contributed by atoms with Crippen LogP contribution >= 0.6 is 0 Å². The largest absolute Gasteiger partial charge is 0.467 e. The van der Waals surface area contributed by atoms with Gasteiger partial charge in [-0.3, -0.25) is 4.79 Å². The number of carbonyl (C=O) groups is 3. The topological polar surface area (TPSA) is 137 Å². The van der Waals surface area contributed by atoms with Crippen molar-refractivity contribution >= 4 is 23.6 Å². The number of methoxy groups -OCH3 is 1. The molecule has 9 nitrogen and oxygen atoms in total. The van der Waals surface area contributed by atoms with Gasteiger partial charge < -0.3 is 30.9 Å². The maximum absolute atomic E-state index is 13.2. The Morgan fingerprint density at radius 2 is 1.93 bits per heavy atom. The lowest BCUT2D eigenvalue weighted by Crippen LogP contribution is -2.53. The fourth-order valence-electron chi connectivity index (χ4n) is 3.01. The molecule has 1 aromatic rings. The molecule has 5 N–H and O–H groups in total. The van der Waals surface area contributed by atoms with E-state index in [-0.39, 0.29) is 23.6 Å². The van der Waals surface area contributed by atoms with Crippen LogP contribution in [-0.2, 0) is 14.3 Å². The zero-order valence-electron chi connectivity index (χ0n) is 16.9. The van der Waals surface area contributed by atoms with E-state index in [1.165, 1.54) is 31.4 Å². The van der Waals surface area contributed by atoms with E-state index in [0.29, 0.717) is 0 Å². The molecule has 0 heterocycles. The van der Waals surface area contributed by atoms with E-state index in [9.17, 15) is 29.0 Å². The number of aliphatic hydroxyl groups excluding tert-OH is 2. The van der Waals surface area contributed by atoms with Crippen LogP contribution in [0.15, 0.2) is 35.9 Å². The number of urea groups is 1. The highest BCUT2D eigenvalue weighted by Gasteiger charge is 2.35. The number of anilines is 1. The Balaban J connectivity index is 2.11. The minimum absolute atomic E-state index is 0.0957. The molecule has 0 aliphatic heterocycles. The summed E-state index contributed by atoms with van der Waals surface area (Å²) >= 11 is 0. The second-order valence-electron chi connectivity index (χ2n) is 7.31. The standard InChI is InChI=1S/C20H26FN3O6/c1-10(2)16(19(28)30-3)24-18(27)11-7-14(17(26)15(25)8-11)23-20(29)22-13-6-4-5-12(21)9-13/h4-7,9-10,14-17,25-26H,8H2,1-3H3,(H,24,27)(H2,22,23,29)/t14-,15-,16-,17-/m1/s1. The molecule has 4 atom stereocenters. The van der Waals surface area contributed by atoms with E-state index >= 15 is 0 Å². The van der Waals surface area contributed by atoms with Crippen LogP contribution in [0.25, 0.3) is 0 Å². The van der Waals surface area contributed by atoms with E-state index in [1.807, 2.05) is 0 Å². The van der Waals surface area contributed by atoms with Crippen LogP contribution in [0.1, 0.15) is 20.3 Å². The lowest BCUT2D eigenvalue weighted by Gasteiger charge is -2.31. The highest BCUT2D eigenvalue weighted by atomic mass is 19.1. The minimum atomic E-state index is -1.36. The molecule has 10 heteroatoms. The van der Waals surface area contributed by atoms with Crippen molar-refractivity contribution in [2.45, 2.75) is 44.6 Å². The predicted molar refractivity (Wildman–Crippen MR) is 106 cm³/mol. The smallest absolute Gasteiger partial charge is 0.328 e. The first-order valence-electron chi connectivity index (χ1n) is 9.41. The number of hydrogen-bond donors (Lipinski definition) is 5. The number of hydrogen-bond acceptors (Lipinski definition) is 6. The number of rotatable bonds is 6. The van der Waals surface area contributed by atoms with Crippen molar-refractivity contribution in [2.75, 3.05) is 12.4 Å². The van der Waals surface area contributed by atoms with Crippen LogP contribution in [0, 0.1) is 11.7 Å². The van der Waals surface area contributed by atoms with Gasteiger partial charge in [-0.2, -0.15) is 0 Å². The maximum Gasteiger partial charge on any atom is 0.328 e. The van der Waals surface area contributed by atoms with Crippen molar-refractivity contribution in [2.24, 2.45) is 5.92 Å². The van der Waals surface area contributed by atoms with Crippen LogP contribution in [0.5, 0.6) is 0 Å². The Labute approximate surface area is 173 Å². The number of aliphatic hydroxyl groups is 2. The van der Waals surface area contributed by atoms with Gasteiger partial charge in [0.15, 0.2) is 0 Å². The van der Waals surface area contributed by atoms with Crippen molar-refractivity contribution in [3.8, 4) is 0 Å². The van der Waals surface area contributed by atoms with E-state index in [4.69, 9.17) is 0 Å². The maximum atomic E-state index is 13.2. The third-order valence-electron chi connectivity index (χ3n) is 4.65. The molecule has 1 aromatic carbocycles. The number of ether oxygens (including phenoxy) is 1. The first kappa shape index (κ1) is 23.3. The molecule has 30 heavy (non-hydrogen) atoms. The summed E-state index contributed by atoms with van der Waals surface area (Å²) in [6.45, 7) is 3.47. The second kappa shape index (κ2) is 10.2. The monoisotopic (exact) mass is 423 g/mol. The summed E-state index contributed by atoms with van der Waals surface area (Å²) in [5.41, 5.74) is 0.288. The Kier molecular flexibility index (Phi) is 7.90. The number of esters is 1. The summed E-state index contributed by atoms with van der Waals surface area (Å²) in [5, 5.41) is 27.7. The Hall–Kier alpha value is -2.98. The molecule has 0 unspecified atom stereocenters. The summed E-state index contributed by atoms with van der Waals surface area (Å²) in [7, 11) is 1.21. The zero-order chi connectivity index (χ0) is 22.4. The Morgan fingerprint density at radius 1 is 1.23 bits per heavy atom. The molecule has 2 rings (SSSR count). The van der Waals surface area contributed by atoms with Gasteiger partial charge in [-0.1, -0.05) is 26.0 Å². The van der Waals surface area contributed by atoms with Crippen LogP contribution < -0.4 is 16.0 Å². The Bertz CT molecular complexity index is 829. The Morgan fingerprint density at radius 3 is 2.53 bits per heavy atom. The highest BCUT2D eigenvalue weighted by Crippen LogP contribution is 2.21. The van der Waals surface area contributed by atoms with Crippen molar-refractivity contribution in [3.05, 3.63) is 41.7 Å². The third-order valence-corrected chi connectivity index (χ3v) is 4.65. The number of amides is 3. The molecule has 0 bridgehead atoms. The fourth-order valence-corrected chi connectivity index (χ4v) is 3.01. The number of halogens is 1. The zero-order valence-corrected chi connectivity index (χ0v) is 16.9. The van der Waals surface area contributed by atoms with Gasteiger partial charge in [-0.05, 0) is 24.1 Å². The number of nitrogens with one attached hydrogen (secondary N) is 3. The minimum Gasteiger partial charge on any atom is -0.467 e. The summed E-state index contributed by atoms with van der Waals surface area (Å²) in [4.78, 5) is 36.6. The average Bonchev–Trinajstić information content (AvgIpc) is 2.68. The second-order valence-corrected chi connectivity index (χ2v) is 7.31. The SMILES string of the molecule is COC(=O)[C@H](NC(=O)C1=C[C@@H](NC(=O)Nc2cccc(F)c2)[C@@H](O)[C@H](O)C1)C(C)C. The van der Waals surface area contributed by atoms with Gasteiger partial charge in [0.1, 0.15) is 18.0 Å². The van der Waals surface area contributed by atoms with Gasteiger partial charge >= 0.3 is 12.0 Å². The van der Waals surface area contributed by atoms with Crippen molar-refractivity contribution in [3.63, 3.8) is 0 Å². The molecule has 0 saturated heterocycles. The molecular formula is C20H26FN3O6. The fraction of sp³-hybridized carbons (Fsp3) is 0.450. The lowest BCUT2D eigenvalue weighted by molar-refractivity contribution is -0.146. The van der Waals surface area contributed by atoms with E-state index in [0.717, 1.165) is 6.07 Å². The van der Waals surface area contributed by atoms with Gasteiger partial charge in [0.2, 0.25) is 5.91 Å². The van der Waals surface area contributed by atoms with Crippen molar-refractivity contribution < 1.29 is 33.7 Å². The summed E-state index contributed by atoms with van der Waals surface area (Å²) in [6.07, 6.45) is -1.53. The van der Waals surface area contributed by atoms with E-state index in [1.54, 1.807) is 13.8 Å². The van der Waals surface area contributed by atoms with Crippen LogP contribution in [-0.4, -0.2) is 59.5 Å². The molecule has 1 aliphatic carbocycles. The van der Waals surface area contributed by atoms with E-state index < -0.39 is 48.0 Å². The normalized spacial score (nSPS) is 22.0. The quantitative estimate of drug-likeness (QED) is 0.427. The lowest BCUT2D eigenvalue weighted by atomic mass is 9.89. The molecule has 0 fully saturated rings. The summed E-state index contributed by atoms with van der Waals surface area (Å²) < 4.78 is 17.9. The average molecular weight is 423 g/mol. The first-order valence-corrected chi connectivity index (χ1v) is 9.41. The first-order chi connectivity index (χ1) is 14.1. The predicted octanol–water partition coefficient (Wildman–Crippen LogP) is 0.682. The van der Waals surface area contributed by atoms with Crippen molar-refractivity contribution in [1.82, 2.24) is 10.6 Å².